The third-order valence-corrected chi connectivity index (χ3v) is 3.37. The second-order valence-electron chi connectivity index (χ2n) is 6.15. The quantitative estimate of drug-likeness (QED) is 0.634. The van der Waals surface area contributed by atoms with Gasteiger partial charge in [0.1, 0.15) is 0 Å². The fraction of sp³-hybridized carbons (Fsp3) is 0.667. The van der Waals surface area contributed by atoms with Crippen LogP contribution < -0.4 is 0 Å². The molecule has 0 aromatic heterocycles. The highest BCUT2D eigenvalue weighted by Crippen LogP contribution is 2.37. The Morgan fingerprint density at radius 3 is 2.38 bits per heavy atom. The molecule has 0 aromatic rings. The van der Waals surface area contributed by atoms with Gasteiger partial charge in [-0.15, -0.1) is 0 Å². The van der Waals surface area contributed by atoms with Crippen molar-refractivity contribution in [2.45, 2.75) is 53.9 Å². The molecule has 1 aliphatic rings. The first-order valence-corrected chi connectivity index (χ1v) is 6.19. The highest BCUT2D eigenvalue weighted by Gasteiger charge is 2.27. The van der Waals surface area contributed by atoms with Gasteiger partial charge in [0.25, 0.3) is 0 Å². The predicted molar refractivity (Wildman–Crippen MR) is 69.3 cm³/mol. The van der Waals surface area contributed by atoms with Crippen molar-refractivity contribution in [1.82, 2.24) is 0 Å². The maximum Gasteiger partial charge on any atom is 0.181 e. The summed E-state index contributed by atoms with van der Waals surface area (Å²) in [5, 5.41) is 0. The van der Waals surface area contributed by atoms with Crippen LogP contribution in [0.1, 0.15) is 53.9 Å². The van der Waals surface area contributed by atoms with Crippen LogP contribution in [0, 0.1) is 11.3 Å². The zero-order valence-electron chi connectivity index (χ0n) is 11.3. The molecule has 16 heavy (non-hydrogen) atoms. The third kappa shape index (κ3) is 3.62. The summed E-state index contributed by atoms with van der Waals surface area (Å²) < 4.78 is 0. The largest absolute Gasteiger partial charge is 0.290 e. The van der Waals surface area contributed by atoms with Gasteiger partial charge in [-0.3, -0.25) is 4.79 Å². The van der Waals surface area contributed by atoms with Gasteiger partial charge in [-0.25, -0.2) is 0 Å². The third-order valence-electron chi connectivity index (χ3n) is 3.37. The molecule has 1 rings (SSSR count). The van der Waals surface area contributed by atoms with Crippen LogP contribution in [0.15, 0.2) is 23.3 Å². The Morgan fingerprint density at radius 1 is 1.38 bits per heavy atom. The van der Waals surface area contributed by atoms with Gasteiger partial charge in [0.2, 0.25) is 0 Å². The van der Waals surface area contributed by atoms with Gasteiger partial charge in [-0.2, -0.15) is 0 Å². The van der Waals surface area contributed by atoms with E-state index in [0.29, 0.717) is 5.41 Å². The number of hydrogen-bond donors (Lipinski definition) is 0. The molecule has 0 saturated heterocycles. The Balaban J connectivity index is 2.67. The summed E-state index contributed by atoms with van der Waals surface area (Å²) in [5.74, 6) is 0.933. The van der Waals surface area contributed by atoms with E-state index < -0.39 is 0 Å². The molecule has 0 N–H and O–H groups in total. The number of hydrogen-bond acceptors (Lipinski definition) is 1. The molecule has 0 saturated carbocycles. The summed E-state index contributed by atoms with van der Waals surface area (Å²) in [7, 11) is 0. The summed E-state index contributed by atoms with van der Waals surface area (Å²) in [6.07, 6.45) is 7.06. The van der Waals surface area contributed by atoms with Gasteiger partial charge in [-0.05, 0) is 56.1 Å². The maximum absolute atomic E-state index is 11.8. The lowest BCUT2D eigenvalue weighted by atomic mass is 9.72. The van der Waals surface area contributed by atoms with Crippen molar-refractivity contribution in [3.8, 4) is 0 Å². The van der Waals surface area contributed by atoms with Gasteiger partial charge in [0, 0.05) is 0 Å². The number of allylic oxidation sites excluding steroid dienone is 4. The van der Waals surface area contributed by atoms with Gasteiger partial charge in [0.15, 0.2) is 5.78 Å². The topological polar surface area (TPSA) is 17.1 Å². The molecule has 0 radical (unpaired) electrons. The van der Waals surface area contributed by atoms with Crippen molar-refractivity contribution in [2.24, 2.45) is 11.3 Å². The van der Waals surface area contributed by atoms with E-state index in [2.05, 4.69) is 26.8 Å². The van der Waals surface area contributed by atoms with E-state index in [1.165, 1.54) is 0 Å². The van der Waals surface area contributed by atoms with E-state index in [1.807, 2.05) is 13.8 Å². The number of ketones is 1. The number of carbonyl (C=O) groups excluding carboxylic acids is 1. The Hall–Kier alpha value is -0.850. The summed E-state index contributed by atoms with van der Waals surface area (Å²) in [4.78, 5) is 11.8. The van der Waals surface area contributed by atoms with Crippen LogP contribution in [0.2, 0.25) is 0 Å². The SMILES string of the molecule is CC(C)=CC(=O)C1=CCC(C(C)(C)C)CC1. The lowest BCUT2D eigenvalue weighted by Crippen LogP contribution is -2.23. The zero-order chi connectivity index (χ0) is 12.3. The van der Waals surface area contributed by atoms with Gasteiger partial charge in [0.05, 0.1) is 0 Å². The zero-order valence-corrected chi connectivity index (χ0v) is 11.3. The Bertz CT molecular complexity index is 322. The predicted octanol–water partition coefficient (Wildman–Crippen LogP) is 4.29. The summed E-state index contributed by atoms with van der Waals surface area (Å²) >= 11 is 0. The summed E-state index contributed by atoms with van der Waals surface area (Å²) in [6.45, 7) is 10.8. The first-order chi connectivity index (χ1) is 7.30. The average molecular weight is 220 g/mol. The molecule has 1 aliphatic carbocycles. The van der Waals surface area contributed by atoms with Gasteiger partial charge in [-0.1, -0.05) is 32.4 Å². The minimum absolute atomic E-state index is 0.215. The summed E-state index contributed by atoms with van der Waals surface area (Å²) in [6, 6.07) is 0. The monoisotopic (exact) mass is 220 g/mol. The highest BCUT2D eigenvalue weighted by molar-refractivity contribution is 6.04. The van der Waals surface area contributed by atoms with E-state index in [4.69, 9.17) is 0 Å². The molecule has 0 amide bonds. The maximum atomic E-state index is 11.8. The second kappa shape index (κ2) is 4.99. The fourth-order valence-corrected chi connectivity index (χ4v) is 2.20. The Kier molecular flexibility index (Phi) is 4.12. The minimum atomic E-state index is 0.215. The molecular weight excluding hydrogens is 196 g/mol. The molecule has 1 atom stereocenters. The smallest absolute Gasteiger partial charge is 0.181 e. The standard InChI is InChI=1S/C15H24O/c1-11(2)10-14(16)12-6-8-13(9-7-12)15(3,4)5/h6,10,13H,7-9H2,1-5H3. The Labute approximate surface area is 99.6 Å². The van der Waals surface area contributed by atoms with Gasteiger partial charge < -0.3 is 0 Å². The van der Waals surface area contributed by atoms with Crippen LogP contribution in [-0.4, -0.2) is 5.78 Å². The fourth-order valence-electron chi connectivity index (χ4n) is 2.20. The molecule has 0 heterocycles. The van der Waals surface area contributed by atoms with E-state index in [-0.39, 0.29) is 5.78 Å². The molecule has 0 aromatic carbocycles. The number of carbonyl (C=O) groups is 1. The average Bonchev–Trinajstić information content (AvgIpc) is 2.15. The van der Waals surface area contributed by atoms with Crippen molar-refractivity contribution < 1.29 is 4.79 Å². The van der Waals surface area contributed by atoms with Crippen molar-refractivity contribution in [3.63, 3.8) is 0 Å². The Morgan fingerprint density at radius 2 is 2.00 bits per heavy atom. The van der Waals surface area contributed by atoms with Crippen LogP contribution in [-0.2, 0) is 4.79 Å². The molecule has 0 fully saturated rings. The molecule has 1 nitrogen and oxygen atoms in total. The molecule has 1 heteroatoms. The molecule has 90 valence electrons. The second-order valence-corrected chi connectivity index (χ2v) is 6.15. The van der Waals surface area contributed by atoms with Crippen LogP contribution >= 0.6 is 0 Å². The molecule has 1 unspecified atom stereocenters. The first-order valence-electron chi connectivity index (χ1n) is 6.19. The van der Waals surface area contributed by atoms with Crippen LogP contribution in [0.25, 0.3) is 0 Å². The molecular formula is C15H24O. The molecule has 0 bridgehead atoms. The van der Waals surface area contributed by atoms with Crippen molar-refractivity contribution in [1.29, 1.82) is 0 Å². The molecule has 0 aliphatic heterocycles. The summed E-state index contributed by atoms with van der Waals surface area (Å²) in [5.41, 5.74) is 2.47. The van der Waals surface area contributed by atoms with Crippen molar-refractivity contribution >= 4 is 5.78 Å². The number of rotatable bonds is 2. The van der Waals surface area contributed by atoms with E-state index in [9.17, 15) is 4.79 Å². The lowest BCUT2D eigenvalue weighted by molar-refractivity contribution is -0.111. The lowest BCUT2D eigenvalue weighted by Gasteiger charge is -2.32. The molecule has 0 spiro atoms. The van der Waals surface area contributed by atoms with Gasteiger partial charge >= 0.3 is 0 Å². The van der Waals surface area contributed by atoms with E-state index in [0.717, 1.165) is 36.3 Å². The normalized spacial score (nSPS) is 21.3. The highest BCUT2D eigenvalue weighted by atomic mass is 16.1. The minimum Gasteiger partial charge on any atom is -0.290 e. The van der Waals surface area contributed by atoms with E-state index >= 15 is 0 Å². The van der Waals surface area contributed by atoms with E-state index in [1.54, 1.807) is 6.08 Å². The van der Waals surface area contributed by atoms with Crippen LogP contribution in [0.3, 0.4) is 0 Å². The first kappa shape index (κ1) is 13.2. The van der Waals surface area contributed by atoms with Crippen molar-refractivity contribution in [2.75, 3.05) is 0 Å². The van der Waals surface area contributed by atoms with Crippen LogP contribution in [0.5, 0.6) is 0 Å². The van der Waals surface area contributed by atoms with Crippen LogP contribution in [0.4, 0.5) is 0 Å². The van der Waals surface area contributed by atoms with Crippen molar-refractivity contribution in [3.05, 3.63) is 23.3 Å².